The van der Waals surface area contributed by atoms with Gasteiger partial charge >= 0.3 is 5.97 Å². The van der Waals surface area contributed by atoms with Gasteiger partial charge in [0.2, 0.25) is 11.8 Å². The van der Waals surface area contributed by atoms with Crippen molar-refractivity contribution < 1.29 is 24.6 Å². The van der Waals surface area contributed by atoms with E-state index in [0.717, 1.165) is 0 Å². The van der Waals surface area contributed by atoms with Crippen LogP contribution in [0.15, 0.2) is 22.7 Å². The van der Waals surface area contributed by atoms with E-state index in [0.29, 0.717) is 16.5 Å². The molecule has 5 atom stereocenters. The van der Waals surface area contributed by atoms with Crippen molar-refractivity contribution in [2.75, 3.05) is 0 Å². The molecule has 1 aromatic rings. The smallest absolute Gasteiger partial charge is 0.325 e. The highest BCUT2D eigenvalue weighted by molar-refractivity contribution is 9.10. The number of carbonyl (C=O) groups excluding carboxylic acids is 2. The molecule has 8 heteroatoms. The number of carbonyl (C=O) groups is 3. The number of imide groups is 1. The molecule has 3 rings (SSSR count). The Morgan fingerprint density at radius 1 is 1.31 bits per heavy atom. The molecule has 0 saturated carbocycles. The summed E-state index contributed by atoms with van der Waals surface area (Å²) < 4.78 is 0.685. The van der Waals surface area contributed by atoms with Gasteiger partial charge in [0.15, 0.2) is 0 Å². The number of amides is 2. The predicted molar refractivity (Wildman–Crippen MR) is 110 cm³/mol. The molecule has 0 spiro atoms. The Morgan fingerprint density at radius 3 is 2.45 bits per heavy atom. The number of fused-ring (bicyclic) bond motifs is 1. The van der Waals surface area contributed by atoms with Gasteiger partial charge in [-0.15, -0.1) is 0 Å². The predicted octanol–water partition coefficient (Wildman–Crippen LogP) is 3.07. The quantitative estimate of drug-likeness (QED) is 0.588. The van der Waals surface area contributed by atoms with Gasteiger partial charge in [0.25, 0.3) is 0 Å². The number of rotatable bonds is 4. The van der Waals surface area contributed by atoms with Gasteiger partial charge in [-0.25, -0.2) is 0 Å². The van der Waals surface area contributed by atoms with Gasteiger partial charge in [0, 0.05) is 21.6 Å². The molecule has 3 N–H and O–H groups in total. The van der Waals surface area contributed by atoms with E-state index in [9.17, 15) is 24.6 Å². The summed E-state index contributed by atoms with van der Waals surface area (Å²) >= 11 is 3.37. The number of halogens is 1. The average molecular weight is 467 g/mol. The first-order chi connectivity index (χ1) is 13.4. The van der Waals surface area contributed by atoms with Gasteiger partial charge in [-0.2, -0.15) is 0 Å². The molecule has 2 aliphatic heterocycles. The molecule has 5 unspecified atom stereocenters. The van der Waals surface area contributed by atoms with Crippen molar-refractivity contribution in [1.29, 1.82) is 0 Å². The number of carboxylic acid groups (broad SMARTS) is 1. The third kappa shape index (κ3) is 3.08. The minimum atomic E-state index is -1.61. The highest BCUT2D eigenvalue weighted by Crippen LogP contribution is 2.54. The fraction of sp³-hybridized carbons (Fsp3) is 0.571. The SMILES string of the molecule is CCC(C)C1(C(=O)O)NC(c2cc(Br)ccc2O)C2C(=O)N(C(C)(C)C)C(=O)C21. The van der Waals surface area contributed by atoms with Gasteiger partial charge in [-0.1, -0.05) is 36.2 Å². The van der Waals surface area contributed by atoms with Crippen molar-refractivity contribution in [2.24, 2.45) is 17.8 Å². The highest BCUT2D eigenvalue weighted by atomic mass is 79.9. The number of phenolic OH excluding ortho intramolecular Hbond substituents is 1. The molecule has 0 radical (unpaired) electrons. The summed E-state index contributed by atoms with van der Waals surface area (Å²) in [6.07, 6.45) is 0.511. The number of phenols is 1. The Balaban J connectivity index is 2.26. The largest absolute Gasteiger partial charge is 0.508 e. The molecule has 0 aromatic heterocycles. The van der Waals surface area contributed by atoms with E-state index in [1.165, 1.54) is 11.0 Å². The summed E-state index contributed by atoms with van der Waals surface area (Å²) in [5.74, 6) is -4.46. The maximum absolute atomic E-state index is 13.4. The molecule has 2 amide bonds. The maximum Gasteiger partial charge on any atom is 0.325 e. The van der Waals surface area contributed by atoms with E-state index in [1.807, 2.05) is 6.92 Å². The highest BCUT2D eigenvalue weighted by Gasteiger charge is 2.70. The molecule has 1 aromatic carbocycles. The number of hydrogen-bond acceptors (Lipinski definition) is 5. The zero-order valence-corrected chi connectivity index (χ0v) is 18.8. The standard InChI is InChI=1S/C21H27BrN2O5/c1-6-10(2)21(19(28)29)15-14(17(26)24(18(15)27)20(3,4)5)16(23-21)12-9-11(22)7-8-13(12)25/h7-10,14-16,23,25H,6H2,1-5H3,(H,28,29). The Bertz CT molecular complexity index is 880. The van der Waals surface area contributed by atoms with E-state index in [1.54, 1.807) is 39.8 Å². The molecule has 2 fully saturated rings. The minimum absolute atomic E-state index is 0.0516. The van der Waals surface area contributed by atoms with Crippen LogP contribution in [0.3, 0.4) is 0 Å². The number of aromatic hydroxyl groups is 1. The lowest BCUT2D eigenvalue weighted by Gasteiger charge is -2.38. The Hall–Kier alpha value is -1.93. The molecule has 2 aliphatic rings. The van der Waals surface area contributed by atoms with Crippen molar-refractivity contribution in [3.8, 4) is 5.75 Å². The zero-order chi connectivity index (χ0) is 21.9. The summed E-state index contributed by atoms with van der Waals surface area (Å²) in [6.45, 7) is 8.91. The van der Waals surface area contributed by atoms with Crippen LogP contribution in [0.4, 0.5) is 0 Å². The third-order valence-corrected chi connectivity index (χ3v) is 6.83. The molecule has 0 bridgehead atoms. The fourth-order valence-electron chi connectivity index (χ4n) is 4.83. The fourth-order valence-corrected chi connectivity index (χ4v) is 5.20. The van der Waals surface area contributed by atoms with E-state index < -0.39 is 52.7 Å². The van der Waals surface area contributed by atoms with Gasteiger partial charge in [-0.3, -0.25) is 24.6 Å². The summed E-state index contributed by atoms with van der Waals surface area (Å²) in [5.41, 5.74) is -1.98. The number of aliphatic carboxylic acids is 1. The van der Waals surface area contributed by atoms with Crippen molar-refractivity contribution in [2.45, 2.75) is 58.2 Å². The summed E-state index contributed by atoms with van der Waals surface area (Å²) in [6, 6.07) is 4.01. The van der Waals surface area contributed by atoms with Crippen LogP contribution < -0.4 is 5.32 Å². The zero-order valence-electron chi connectivity index (χ0n) is 17.2. The second kappa shape index (κ2) is 7.09. The minimum Gasteiger partial charge on any atom is -0.508 e. The van der Waals surface area contributed by atoms with Crippen LogP contribution in [0, 0.1) is 17.8 Å². The van der Waals surface area contributed by atoms with E-state index >= 15 is 0 Å². The molecule has 2 heterocycles. The van der Waals surface area contributed by atoms with Crippen LogP contribution >= 0.6 is 15.9 Å². The van der Waals surface area contributed by atoms with Crippen molar-refractivity contribution in [3.63, 3.8) is 0 Å². The molecule has 2 saturated heterocycles. The van der Waals surface area contributed by atoms with Gasteiger partial charge in [-0.05, 0) is 44.9 Å². The number of likely N-dealkylation sites (tertiary alicyclic amines) is 1. The first kappa shape index (κ1) is 21.8. The van der Waals surface area contributed by atoms with E-state index in [-0.39, 0.29) is 5.75 Å². The monoisotopic (exact) mass is 466 g/mol. The van der Waals surface area contributed by atoms with Crippen LogP contribution in [-0.2, 0) is 14.4 Å². The first-order valence-electron chi connectivity index (χ1n) is 9.75. The summed E-state index contributed by atoms with van der Waals surface area (Å²) in [5, 5.41) is 23.9. The van der Waals surface area contributed by atoms with Crippen molar-refractivity contribution in [1.82, 2.24) is 10.2 Å². The average Bonchev–Trinajstić information content (AvgIpc) is 3.11. The number of nitrogens with zero attached hydrogens (tertiary/aromatic N) is 1. The van der Waals surface area contributed by atoms with Crippen LogP contribution in [0.25, 0.3) is 0 Å². The molecular weight excluding hydrogens is 440 g/mol. The lowest BCUT2D eigenvalue weighted by molar-refractivity contribution is -0.156. The summed E-state index contributed by atoms with van der Waals surface area (Å²) in [4.78, 5) is 40.7. The van der Waals surface area contributed by atoms with Gasteiger partial charge in [0.05, 0.1) is 11.8 Å². The Labute approximate surface area is 178 Å². The van der Waals surface area contributed by atoms with E-state index in [4.69, 9.17) is 0 Å². The number of benzene rings is 1. The van der Waals surface area contributed by atoms with Crippen LogP contribution in [0.5, 0.6) is 5.75 Å². The first-order valence-corrected chi connectivity index (χ1v) is 10.5. The molecule has 7 nitrogen and oxygen atoms in total. The van der Waals surface area contributed by atoms with Gasteiger partial charge in [0.1, 0.15) is 11.3 Å². The van der Waals surface area contributed by atoms with Crippen LogP contribution in [0.2, 0.25) is 0 Å². The second-order valence-corrected chi connectivity index (χ2v) is 9.91. The van der Waals surface area contributed by atoms with E-state index in [2.05, 4.69) is 21.2 Å². The molecule has 29 heavy (non-hydrogen) atoms. The van der Waals surface area contributed by atoms with Crippen LogP contribution in [-0.4, -0.2) is 44.0 Å². The molecule has 158 valence electrons. The third-order valence-electron chi connectivity index (χ3n) is 6.33. The maximum atomic E-state index is 13.4. The van der Waals surface area contributed by atoms with Crippen LogP contribution in [0.1, 0.15) is 52.6 Å². The molecular formula is C21H27BrN2O5. The van der Waals surface area contributed by atoms with Crippen molar-refractivity contribution in [3.05, 3.63) is 28.2 Å². The topological polar surface area (TPSA) is 107 Å². The van der Waals surface area contributed by atoms with Gasteiger partial charge < -0.3 is 10.2 Å². The Kier molecular flexibility index (Phi) is 5.32. The second-order valence-electron chi connectivity index (χ2n) is 8.99. The molecule has 0 aliphatic carbocycles. The Morgan fingerprint density at radius 2 is 1.93 bits per heavy atom. The number of carboxylic acids is 1. The normalized spacial score (nSPS) is 30.6. The number of nitrogens with one attached hydrogen (secondary N) is 1. The van der Waals surface area contributed by atoms with Crippen molar-refractivity contribution >= 4 is 33.7 Å². The lowest BCUT2D eigenvalue weighted by Crippen LogP contribution is -2.60. The number of hydrogen-bond donors (Lipinski definition) is 3. The summed E-state index contributed by atoms with van der Waals surface area (Å²) in [7, 11) is 0. The lowest BCUT2D eigenvalue weighted by atomic mass is 9.72.